The second-order valence-corrected chi connectivity index (χ2v) is 6.10. The first-order valence-corrected chi connectivity index (χ1v) is 7.92. The Balaban J connectivity index is 2.16. The number of nitrogens with one attached hydrogen (secondary N) is 1. The number of anilines is 1. The van der Waals surface area contributed by atoms with Crippen LogP contribution >= 0.6 is 11.6 Å². The number of benzene rings is 1. The molecule has 2 rings (SSSR count). The van der Waals surface area contributed by atoms with E-state index in [0.29, 0.717) is 12.5 Å². The van der Waals surface area contributed by atoms with Crippen LogP contribution in [0.15, 0.2) is 18.2 Å². The summed E-state index contributed by atoms with van der Waals surface area (Å²) in [5.41, 5.74) is 2.30. The minimum atomic E-state index is -0.251. The molecule has 3 nitrogen and oxygen atoms in total. The molecule has 0 spiro atoms. The first kappa shape index (κ1) is 15.6. The van der Waals surface area contributed by atoms with E-state index in [1.165, 1.54) is 0 Å². The van der Waals surface area contributed by atoms with E-state index in [0.717, 1.165) is 48.7 Å². The molecule has 1 aliphatic rings. The molecule has 0 aromatic heterocycles. The third-order valence-electron chi connectivity index (χ3n) is 4.08. The van der Waals surface area contributed by atoms with Crippen molar-refractivity contribution in [2.24, 2.45) is 5.92 Å². The van der Waals surface area contributed by atoms with Crippen molar-refractivity contribution in [3.63, 3.8) is 0 Å². The average Bonchev–Trinajstić information content (AvgIpc) is 2.44. The number of nitrogens with zero attached hydrogens (tertiary/aromatic N) is 1. The molecule has 2 atom stereocenters. The van der Waals surface area contributed by atoms with Crippen LogP contribution in [0.5, 0.6) is 0 Å². The van der Waals surface area contributed by atoms with Crippen molar-refractivity contribution in [3.8, 4) is 0 Å². The Bertz CT molecular complexity index is 438. The molecule has 1 fully saturated rings. The molecule has 0 aliphatic carbocycles. The van der Waals surface area contributed by atoms with Gasteiger partial charge in [0.15, 0.2) is 0 Å². The molecule has 1 aromatic carbocycles. The predicted molar refractivity (Wildman–Crippen MR) is 85.5 cm³/mol. The molecule has 1 heterocycles. The van der Waals surface area contributed by atoms with Gasteiger partial charge in [-0.2, -0.15) is 0 Å². The standard InChI is InChI=1S/C16H25ClN2O/c1-3-8-18-10-13-14(17)5-4-6-15(13)19-9-7-12(2)16(20)11-19/h4-6,12,16,18,20H,3,7-11H2,1-2H3. The summed E-state index contributed by atoms with van der Waals surface area (Å²) >= 11 is 6.36. The molecule has 0 bridgehead atoms. The van der Waals surface area contributed by atoms with E-state index < -0.39 is 0 Å². The van der Waals surface area contributed by atoms with Gasteiger partial charge < -0.3 is 15.3 Å². The Morgan fingerprint density at radius 2 is 2.25 bits per heavy atom. The zero-order valence-corrected chi connectivity index (χ0v) is 13.2. The van der Waals surface area contributed by atoms with Gasteiger partial charge in [-0.15, -0.1) is 0 Å². The Kier molecular flexibility index (Phi) is 5.70. The zero-order chi connectivity index (χ0) is 14.5. The van der Waals surface area contributed by atoms with Crippen LogP contribution in [0.2, 0.25) is 5.02 Å². The molecule has 1 saturated heterocycles. The van der Waals surface area contributed by atoms with E-state index in [4.69, 9.17) is 11.6 Å². The molecular formula is C16H25ClN2O. The molecule has 0 amide bonds. The van der Waals surface area contributed by atoms with Crippen LogP contribution in [0.1, 0.15) is 32.3 Å². The average molecular weight is 297 g/mol. The quantitative estimate of drug-likeness (QED) is 0.820. The molecular weight excluding hydrogens is 272 g/mol. The van der Waals surface area contributed by atoms with E-state index in [9.17, 15) is 5.11 Å². The molecule has 1 aliphatic heterocycles. The van der Waals surface area contributed by atoms with Crippen molar-refractivity contribution >= 4 is 17.3 Å². The van der Waals surface area contributed by atoms with Crippen molar-refractivity contribution in [1.82, 2.24) is 5.32 Å². The van der Waals surface area contributed by atoms with Gasteiger partial charge in [0.25, 0.3) is 0 Å². The normalized spacial score (nSPS) is 23.1. The lowest BCUT2D eigenvalue weighted by Crippen LogP contribution is -2.43. The van der Waals surface area contributed by atoms with Crippen LogP contribution < -0.4 is 10.2 Å². The van der Waals surface area contributed by atoms with Gasteiger partial charge in [0.05, 0.1) is 6.10 Å². The summed E-state index contributed by atoms with van der Waals surface area (Å²) in [5.74, 6) is 0.382. The number of β-amino-alcohol motifs (C(OH)–C–C–N with tert-alkyl or cyclic N) is 1. The number of aliphatic hydroxyl groups is 1. The summed E-state index contributed by atoms with van der Waals surface area (Å²) in [4.78, 5) is 2.26. The predicted octanol–water partition coefficient (Wildman–Crippen LogP) is 3.05. The van der Waals surface area contributed by atoms with Crippen molar-refractivity contribution in [2.45, 2.75) is 39.3 Å². The fourth-order valence-corrected chi connectivity index (χ4v) is 2.91. The minimum Gasteiger partial charge on any atom is -0.391 e. The number of piperidine rings is 1. The van der Waals surface area contributed by atoms with Gasteiger partial charge in [-0.3, -0.25) is 0 Å². The van der Waals surface area contributed by atoms with Gasteiger partial charge >= 0.3 is 0 Å². The molecule has 20 heavy (non-hydrogen) atoms. The first-order chi connectivity index (χ1) is 9.63. The van der Waals surface area contributed by atoms with Crippen LogP contribution in [-0.2, 0) is 6.54 Å². The van der Waals surface area contributed by atoms with E-state index >= 15 is 0 Å². The summed E-state index contributed by atoms with van der Waals surface area (Å²) in [6, 6.07) is 6.04. The Labute approximate surface area is 126 Å². The topological polar surface area (TPSA) is 35.5 Å². The lowest BCUT2D eigenvalue weighted by atomic mass is 9.95. The second kappa shape index (κ2) is 7.30. The molecule has 4 heteroatoms. The van der Waals surface area contributed by atoms with Crippen LogP contribution in [0.3, 0.4) is 0 Å². The van der Waals surface area contributed by atoms with Gasteiger partial charge in [-0.25, -0.2) is 0 Å². The van der Waals surface area contributed by atoms with Crippen molar-refractivity contribution < 1.29 is 5.11 Å². The number of hydrogen-bond donors (Lipinski definition) is 2. The summed E-state index contributed by atoms with van der Waals surface area (Å²) in [5, 5.41) is 14.3. The van der Waals surface area contributed by atoms with E-state index in [1.807, 2.05) is 12.1 Å². The van der Waals surface area contributed by atoms with E-state index in [2.05, 4.69) is 30.1 Å². The van der Waals surface area contributed by atoms with Crippen LogP contribution in [0.25, 0.3) is 0 Å². The minimum absolute atomic E-state index is 0.251. The van der Waals surface area contributed by atoms with Gasteiger partial charge in [0.2, 0.25) is 0 Å². The van der Waals surface area contributed by atoms with Crippen molar-refractivity contribution in [2.75, 3.05) is 24.5 Å². The van der Waals surface area contributed by atoms with Crippen LogP contribution in [0.4, 0.5) is 5.69 Å². The van der Waals surface area contributed by atoms with Crippen LogP contribution in [-0.4, -0.2) is 30.8 Å². The van der Waals surface area contributed by atoms with Gasteiger partial charge in [0.1, 0.15) is 0 Å². The lowest BCUT2D eigenvalue weighted by molar-refractivity contribution is 0.103. The highest BCUT2D eigenvalue weighted by atomic mass is 35.5. The highest BCUT2D eigenvalue weighted by Gasteiger charge is 2.25. The molecule has 112 valence electrons. The molecule has 0 saturated carbocycles. The van der Waals surface area contributed by atoms with Gasteiger partial charge in [-0.05, 0) is 37.4 Å². The largest absolute Gasteiger partial charge is 0.391 e. The smallest absolute Gasteiger partial charge is 0.0741 e. The third-order valence-corrected chi connectivity index (χ3v) is 4.44. The fourth-order valence-electron chi connectivity index (χ4n) is 2.68. The number of aliphatic hydroxyl groups excluding tert-OH is 1. The maximum absolute atomic E-state index is 10.1. The maximum atomic E-state index is 10.1. The Hall–Kier alpha value is -0.770. The third kappa shape index (κ3) is 3.66. The lowest BCUT2D eigenvalue weighted by Gasteiger charge is -2.37. The Morgan fingerprint density at radius 3 is 2.95 bits per heavy atom. The van der Waals surface area contributed by atoms with Crippen molar-refractivity contribution in [3.05, 3.63) is 28.8 Å². The number of hydrogen-bond acceptors (Lipinski definition) is 3. The molecule has 1 aromatic rings. The van der Waals surface area contributed by atoms with Crippen molar-refractivity contribution in [1.29, 1.82) is 0 Å². The second-order valence-electron chi connectivity index (χ2n) is 5.69. The molecule has 0 radical (unpaired) electrons. The molecule has 2 unspecified atom stereocenters. The zero-order valence-electron chi connectivity index (χ0n) is 12.4. The van der Waals surface area contributed by atoms with Gasteiger partial charge in [0, 0.05) is 35.9 Å². The Morgan fingerprint density at radius 1 is 1.45 bits per heavy atom. The molecule has 2 N–H and O–H groups in total. The highest BCUT2D eigenvalue weighted by molar-refractivity contribution is 6.31. The maximum Gasteiger partial charge on any atom is 0.0741 e. The number of halogens is 1. The monoisotopic (exact) mass is 296 g/mol. The van der Waals surface area contributed by atoms with Crippen LogP contribution in [0, 0.1) is 5.92 Å². The summed E-state index contributed by atoms with van der Waals surface area (Å²) < 4.78 is 0. The SMILES string of the molecule is CCCNCc1c(Cl)cccc1N1CCC(C)C(O)C1. The highest BCUT2D eigenvalue weighted by Crippen LogP contribution is 2.30. The number of rotatable bonds is 5. The van der Waals surface area contributed by atoms with Gasteiger partial charge in [-0.1, -0.05) is 31.5 Å². The van der Waals surface area contributed by atoms with E-state index in [-0.39, 0.29) is 6.10 Å². The first-order valence-electron chi connectivity index (χ1n) is 7.54. The summed E-state index contributed by atoms with van der Waals surface area (Å²) in [6.45, 7) is 7.73. The van der Waals surface area contributed by atoms with E-state index in [1.54, 1.807) is 0 Å². The fraction of sp³-hybridized carbons (Fsp3) is 0.625. The summed E-state index contributed by atoms with van der Waals surface area (Å²) in [6.07, 6.45) is 1.88. The summed E-state index contributed by atoms with van der Waals surface area (Å²) in [7, 11) is 0.